The van der Waals surface area contributed by atoms with Crippen LogP contribution in [-0.2, 0) is 4.79 Å². The van der Waals surface area contributed by atoms with Gasteiger partial charge in [0.1, 0.15) is 11.4 Å². The lowest BCUT2D eigenvalue weighted by Crippen LogP contribution is -2.30. The number of hydrogen-bond acceptors (Lipinski definition) is 4. The molecule has 1 amide bonds. The summed E-state index contributed by atoms with van der Waals surface area (Å²) in [7, 11) is 0. The summed E-state index contributed by atoms with van der Waals surface area (Å²) >= 11 is 5.95. The monoisotopic (exact) mass is 320 g/mol. The van der Waals surface area contributed by atoms with Gasteiger partial charge in [0.15, 0.2) is 6.10 Å². The Morgan fingerprint density at radius 3 is 2.55 bits per heavy atom. The Morgan fingerprint density at radius 2 is 1.86 bits per heavy atom. The summed E-state index contributed by atoms with van der Waals surface area (Å²) in [5, 5.41) is 13.8. The fraction of sp³-hybridized carbons (Fsp3) is 0.133. The van der Waals surface area contributed by atoms with Crippen LogP contribution >= 0.6 is 11.6 Å². The van der Waals surface area contributed by atoms with Gasteiger partial charge in [-0.25, -0.2) is 0 Å². The first kappa shape index (κ1) is 15.8. The summed E-state index contributed by atoms with van der Waals surface area (Å²) in [4.78, 5) is 22.5. The molecule has 2 rings (SSSR count). The number of halogens is 1. The normalized spacial score (nSPS) is 11.5. The van der Waals surface area contributed by atoms with Crippen LogP contribution in [0.2, 0.25) is 5.02 Å². The molecule has 2 aromatic rings. The zero-order valence-electron chi connectivity index (χ0n) is 11.7. The zero-order chi connectivity index (χ0) is 16.1. The molecule has 0 aliphatic heterocycles. The van der Waals surface area contributed by atoms with Gasteiger partial charge in [-0.1, -0.05) is 35.9 Å². The van der Waals surface area contributed by atoms with Crippen LogP contribution in [-0.4, -0.2) is 16.9 Å². The molecule has 1 atom stereocenters. The van der Waals surface area contributed by atoms with Gasteiger partial charge in [0, 0.05) is 6.07 Å². The Bertz CT molecular complexity index is 705. The van der Waals surface area contributed by atoms with Gasteiger partial charge in [0.25, 0.3) is 11.6 Å². The number of para-hydroxylation sites is 3. The molecular weight excluding hydrogens is 308 g/mol. The molecule has 2 aromatic carbocycles. The molecule has 0 radical (unpaired) electrons. The molecule has 7 heteroatoms. The first-order valence-corrected chi connectivity index (χ1v) is 6.82. The van der Waals surface area contributed by atoms with Gasteiger partial charge in [-0.3, -0.25) is 14.9 Å². The van der Waals surface area contributed by atoms with Gasteiger partial charge in [-0.15, -0.1) is 0 Å². The van der Waals surface area contributed by atoms with Crippen molar-refractivity contribution in [2.24, 2.45) is 0 Å². The summed E-state index contributed by atoms with van der Waals surface area (Å²) in [6, 6.07) is 12.6. The van der Waals surface area contributed by atoms with Gasteiger partial charge < -0.3 is 10.1 Å². The van der Waals surface area contributed by atoms with Crippen LogP contribution in [0.1, 0.15) is 6.92 Å². The number of nitrogens with zero attached hydrogens (tertiary/aromatic N) is 1. The number of benzene rings is 2. The van der Waals surface area contributed by atoms with E-state index in [4.69, 9.17) is 16.3 Å². The lowest BCUT2D eigenvalue weighted by atomic mass is 10.2. The maximum absolute atomic E-state index is 12.1. The van der Waals surface area contributed by atoms with E-state index in [2.05, 4.69) is 5.32 Å². The molecule has 0 spiro atoms. The second-order valence-corrected chi connectivity index (χ2v) is 4.86. The zero-order valence-corrected chi connectivity index (χ0v) is 12.4. The molecule has 0 unspecified atom stereocenters. The van der Waals surface area contributed by atoms with Crippen molar-refractivity contribution in [3.63, 3.8) is 0 Å². The predicted molar refractivity (Wildman–Crippen MR) is 83.3 cm³/mol. The van der Waals surface area contributed by atoms with Crippen molar-refractivity contribution in [1.29, 1.82) is 0 Å². The third-order valence-corrected chi connectivity index (χ3v) is 3.18. The van der Waals surface area contributed by atoms with E-state index in [0.29, 0.717) is 10.8 Å². The molecule has 0 heterocycles. The molecule has 0 aliphatic rings. The molecule has 0 bridgehead atoms. The van der Waals surface area contributed by atoms with Crippen molar-refractivity contribution in [3.8, 4) is 5.75 Å². The topological polar surface area (TPSA) is 81.5 Å². The number of carbonyl (C=O) groups is 1. The van der Waals surface area contributed by atoms with Crippen LogP contribution in [0.25, 0.3) is 0 Å². The second kappa shape index (κ2) is 6.91. The number of rotatable bonds is 5. The summed E-state index contributed by atoms with van der Waals surface area (Å²) in [5.74, 6) is -0.136. The number of anilines is 1. The number of amides is 1. The maximum atomic E-state index is 12.1. The van der Waals surface area contributed by atoms with Crippen molar-refractivity contribution < 1.29 is 14.5 Å². The molecule has 0 aliphatic carbocycles. The fourth-order valence-electron chi connectivity index (χ4n) is 1.76. The number of carbonyl (C=O) groups excluding carboxylic acids is 1. The van der Waals surface area contributed by atoms with Crippen LogP contribution in [0.5, 0.6) is 5.75 Å². The van der Waals surface area contributed by atoms with Crippen molar-refractivity contribution >= 4 is 28.9 Å². The van der Waals surface area contributed by atoms with Crippen molar-refractivity contribution in [1.82, 2.24) is 0 Å². The van der Waals surface area contributed by atoms with E-state index in [0.717, 1.165) is 0 Å². The third kappa shape index (κ3) is 3.73. The highest BCUT2D eigenvalue weighted by atomic mass is 35.5. The SMILES string of the molecule is C[C@H](Oc1ccccc1Cl)C(=O)Nc1ccccc1[N+](=O)[O-]. The first-order valence-electron chi connectivity index (χ1n) is 6.44. The van der Waals surface area contributed by atoms with E-state index in [1.807, 2.05) is 0 Å². The lowest BCUT2D eigenvalue weighted by Gasteiger charge is -2.15. The number of nitro groups is 1. The van der Waals surface area contributed by atoms with Crippen molar-refractivity contribution in [2.45, 2.75) is 13.0 Å². The molecule has 114 valence electrons. The van der Waals surface area contributed by atoms with Gasteiger partial charge >= 0.3 is 0 Å². The smallest absolute Gasteiger partial charge is 0.292 e. The maximum Gasteiger partial charge on any atom is 0.292 e. The van der Waals surface area contributed by atoms with Gasteiger partial charge in [0.2, 0.25) is 0 Å². The standard InChI is InChI=1S/C15H13ClN2O4/c1-10(22-14-9-5-2-6-11(14)16)15(19)17-12-7-3-4-8-13(12)18(20)21/h2-10H,1H3,(H,17,19)/t10-/m0/s1. The van der Waals surface area contributed by atoms with Crippen LogP contribution < -0.4 is 10.1 Å². The average molecular weight is 321 g/mol. The van der Waals surface area contributed by atoms with Gasteiger partial charge in [0.05, 0.1) is 9.95 Å². The highest BCUT2D eigenvalue weighted by molar-refractivity contribution is 6.32. The first-order chi connectivity index (χ1) is 10.5. The number of nitro benzene ring substituents is 1. The molecule has 0 fully saturated rings. The number of hydrogen-bond donors (Lipinski definition) is 1. The van der Waals surface area contributed by atoms with E-state index in [1.54, 1.807) is 30.3 Å². The Kier molecular flexibility index (Phi) is 4.95. The Morgan fingerprint density at radius 1 is 1.23 bits per heavy atom. The number of ether oxygens (including phenoxy) is 1. The van der Waals surface area contributed by atoms with Crippen molar-refractivity contribution in [2.75, 3.05) is 5.32 Å². The lowest BCUT2D eigenvalue weighted by molar-refractivity contribution is -0.383. The van der Waals surface area contributed by atoms with Crippen LogP contribution in [0, 0.1) is 10.1 Å². The van der Waals surface area contributed by atoms with E-state index in [9.17, 15) is 14.9 Å². The molecular formula is C15H13ClN2O4. The molecule has 0 saturated heterocycles. The minimum atomic E-state index is -0.861. The molecule has 0 saturated carbocycles. The average Bonchev–Trinajstić information content (AvgIpc) is 2.49. The van der Waals surface area contributed by atoms with E-state index in [-0.39, 0.29) is 11.4 Å². The minimum absolute atomic E-state index is 0.118. The van der Waals surface area contributed by atoms with E-state index >= 15 is 0 Å². The Balaban J connectivity index is 2.09. The van der Waals surface area contributed by atoms with Gasteiger partial charge in [-0.2, -0.15) is 0 Å². The highest BCUT2D eigenvalue weighted by Crippen LogP contribution is 2.26. The largest absolute Gasteiger partial charge is 0.479 e. The summed E-state index contributed by atoms with van der Waals surface area (Å²) < 4.78 is 5.47. The summed E-state index contributed by atoms with van der Waals surface area (Å²) in [5.41, 5.74) is -0.0621. The molecule has 22 heavy (non-hydrogen) atoms. The minimum Gasteiger partial charge on any atom is -0.479 e. The van der Waals surface area contributed by atoms with E-state index in [1.165, 1.54) is 25.1 Å². The van der Waals surface area contributed by atoms with Gasteiger partial charge in [-0.05, 0) is 25.1 Å². The fourth-order valence-corrected chi connectivity index (χ4v) is 1.94. The van der Waals surface area contributed by atoms with Crippen LogP contribution in [0.4, 0.5) is 11.4 Å². The molecule has 1 N–H and O–H groups in total. The summed E-state index contributed by atoms with van der Waals surface area (Å²) in [6.45, 7) is 1.54. The van der Waals surface area contributed by atoms with E-state index < -0.39 is 16.9 Å². The quantitative estimate of drug-likeness (QED) is 0.673. The van der Waals surface area contributed by atoms with Crippen molar-refractivity contribution in [3.05, 3.63) is 63.7 Å². The number of nitrogens with one attached hydrogen (secondary N) is 1. The molecule has 0 aromatic heterocycles. The van der Waals surface area contributed by atoms with Crippen LogP contribution in [0.15, 0.2) is 48.5 Å². The molecule has 6 nitrogen and oxygen atoms in total. The van der Waals surface area contributed by atoms with Crippen LogP contribution in [0.3, 0.4) is 0 Å². The highest BCUT2D eigenvalue weighted by Gasteiger charge is 2.20. The second-order valence-electron chi connectivity index (χ2n) is 4.45. The Labute approximate surface area is 131 Å². The third-order valence-electron chi connectivity index (χ3n) is 2.87. The predicted octanol–water partition coefficient (Wildman–Crippen LogP) is 3.65. The Hall–Kier alpha value is -2.60. The summed E-state index contributed by atoms with van der Waals surface area (Å²) in [6.07, 6.45) is -0.861.